The SMILES string of the molecule is CSc1nc(NN)cc(Oc2ccc3ccccc3c2)n1. The zero-order valence-electron chi connectivity index (χ0n) is 11.4. The summed E-state index contributed by atoms with van der Waals surface area (Å²) in [6.07, 6.45) is 1.90. The van der Waals surface area contributed by atoms with E-state index in [1.165, 1.54) is 17.1 Å². The molecule has 5 nitrogen and oxygen atoms in total. The maximum atomic E-state index is 5.81. The molecule has 0 fully saturated rings. The Hall–Kier alpha value is -2.31. The lowest BCUT2D eigenvalue weighted by atomic mass is 10.1. The highest BCUT2D eigenvalue weighted by Crippen LogP contribution is 2.26. The van der Waals surface area contributed by atoms with Crippen molar-refractivity contribution in [2.24, 2.45) is 5.84 Å². The van der Waals surface area contributed by atoms with E-state index in [0.717, 1.165) is 11.1 Å². The number of nitrogens with two attached hydrogens (primary N) is 1. The number of nitrogen functional groups attached to an aromatic ring is 1. The lowest BCUT2D eigenvalue weighted by Crippen LogP contribution is -2.09. The molecule has 3 N–H and O–H groups in total. The van der Waals surface area contributed by atoms with E-state index in [9.17, 15) is 0 Å². The summed E-state index contributed by atoms with van der Waals surface area (Å²) in [5.74, 6) is 7.10. The Balaban J connectivity index is 1.94. The van der Waals surface area contributed by atoms with Gasteiger partial charge in [-0.1, -0.05) is 42.1 Å². The second kappa shape index (κ2) is 5.99. The van der Waals surface area contributed by atoms with Crippen molar-refractivity contribution in [3.63, 3.8) is 0 Å². The van der Waals surface area contributed by atoms with Crippen LogP contribution in [0.4, 0.5) is 5.82 Å². The quantitative estimate of drug-likeness (QED) is 0.333. The number of ether oxygens (including phenoxy) is 1. The molecule has 0 aliphatic rings. The van der Waals surface area contributed by atoms with Gasteiger partial charge in [0.05, 0.1) is 0 Å². The maximum Gasteiger partial charge on any atom is 0.225 e. The summed E-state index contributed by atoms with van der Waals surface area (Å²) in [6, 6.07) is 15.7. The van der Waals surface area contributed by atoms with Crippen LogP contribution in [-0.4, -0.2) is 16.2 Å². The molecule has 0 bridgehead atoms. The Labute approximate surface area is 126 Å². The minimum absolute atomic E-state index is 0.456. The normalized spacial score (nSPS) is 10.6. The fraction of sp³-hybridized carbons (Fsp3) is 0.0667. The molecule has 6 heteroatoms. The van der Waals surface area contributed by atoms with E-state index in [4.69, 9.17) is 10.6 Å². The van der Waals surface area contributed by atoms with Crippen LogP contribution in [0.25, 0.3) is 10.8 Å². The van der Waals surface area contributed by atoms with Crippen LogP contribution in [0.1, 0.15) is 0 Å². The summed E-state index contributed by atoms with van der Waals surface area (Å²) in [5, 5.41) is 2.88. The fourth-order valence-electron chi connectivity index (χ4n) is 1.97. The summed E-state index contributed by atoms with van der Waals surface area (Å²) in [6.45, 7) is 0. The van der Waals surface area contributed by atoms with E-state index >= 15 is 0 Å². The molecule has 0 unspecified atom stereocenters. The van der Waals surface area contributed by atoms with Crippen molar-refractivity contribution in [3.05, 3.63) is 48.5 Å². The first-order chi connectivity index (χ1) is 10.3. The van der Waals surface area contributed by atoms with E-state index in [1.807, 2.05) is 42.7 Å². The highest BCUT2D eigenvalue weighted by atomic mass is 32.2. The molecule has 3 aromatic rings. The summed E-state index contributed by atoms with van der Waals surface area (Å²) < 4.78 is 5.81. The molecule has 106 valence electrons. The number of rotatable bonds is 4. The predicted octanol–water partition coefficient (Wildman–Crippen LogP) is 3.43. The van der Waals surface area contributed by atoms with E-state index < -0.39 is 0 Å². The van der Waals surface area contributed by atoms with Gasteiger partial charge in [0.25, 0.3) is 0 Å². The van der Waals surface area contributed by atoms with Gasteiger partial charge in [-0.3, -0.25) is 0 Å². The Kier molecular flexibility index (Phi) is 3.89. The third-order valence-electron chi connectivity index (χ3n) is 2.96. The first-order valence-corrected chi connectivity index (χ1v) is 7.57. The maximum absolute atomic E-state index is 5.81. The van der Waals surface area contributed by atoms with Gasteiger partial charge >= 0.3 is 0 Å². The number of aromatic nitrogens is 2. The van der Waals surface area contributed by atoms with Crippen LogP contribution in [0.3, 0.4) is 0 Å². The molecule has 21 heavy (non-hydrogen) atoms. The molecule has 2 aromatic carbocycles. The molecule has 1 aromatic heterocycles. The molecular weight excluding hydrogens is 284 g/mol. The lowest BCUT2D eigenvalue weighted by Gasteiger charge is -2.08. The van der Waals surface area contributed by atoms with Gasteiger partial charge < -0.3 is 10.2 Å². The van der Waals surface area contributed by atoms with Crippen LogP contribution in [0.2, 0.25) is 0 Å². The highest BCUT2D eigenvalue weighted by molar-refractivity contribution is 7.98. The van der Waals surface area contributed by atoms with E-state index in [2.05, 4.69) is 21.5 Å². The van der Waals surface area contributed by atoms with Crippen molar-refractivity contribution in [2.45, 2.75) is 5.16 Å². The Morgan fingerprint density at radius 1 is 1.05 bits per heavy atom. The van der Waals surface area contributed by atoms with E-state index in [-0.39, 0.29) is 0 Å². The van der Waals surface area contributed by atoms with Gasteiger partial charge in [0.2, 0.25) is 5.88 Å². The van der Waals surface area contributed by atoms with Gasteiger partial charge in [0.1, 0.15) is 11.6 Å². The van der Waals surface area contributed by atoms with Crippen molar-refractivity contribution in [2.75, 3.05) is 11.7 Å². The van der Waals surface area contributed by atoms with Crippen LogP contribution in [0, 0.1) is 0 Å². The van der Waals surface area contributed by atoms with Crippen LogP contribution >= 0.6 is 11.8 Å². The Morgan fingerprint density at radius 2 is 1.86 bits per heavy atom. The third-order valence-corrected chi connectivity index (χ3v) is 3.50. The molecule has 0 spiro atoms. The minimum Gasteiger partial charge on any atom is -0.439 e. The molecule has 1 heterocycles. The van der Waals surface area contributed by atoms with Crippen molar-refractivity contribution in [1.82, 2.24) is 9.97 Å². The average molecular weight is 298 g/mol. The number of anilines is 1. The van der Waals surface area contributed by atoms with Gasteiger partial charge in [-0.15, -0.1) is 0 Å². The molecule has 0 aliphatic carbocycles. The van der Waals surface area contributed by atoms with Gasteiger partial charge in [-0.2, -0.15) is 4.98 Å². The summed E-state index contributed by atoms with van der Waals surface area (Å²) >= 11 is 1.43. The van der Waals surface area contributed by atoms with Gasteiger partial charge in [0.15, 0.2) is 5.16 Å². The van der Waals surface area contributed by atoms with Crippen molar-refractivity contribution >= 4 is 28.4 Å². The topological polar surface area (TPSA) is 73.1 Å². The van der Waals surface area contributed by atoms with Gasteiger partial charge in [0, 0.05) is 6.07 Å². The molecule has 0 saturated heterocycles. The highest BCUT2D eigenvalue weighted by Gasteiger charge is 2.06. The summed E-state index contributed by atoms with van der Waals surface area (Å²) in [4.78, 5) is 8.51. The second-order valence-electron chi connectivity index (χ2n) is 4.33. The number of nitrogens with one attached hydrogen (secondary N) is 1. The monoisotopic (exact) mass is 298 g/mol. The predicted molar refractivity (Wildman–Crippen MR) is 85.6 cm³/mol. The summed E-state index contributed by atoms with van der Waals surface area (Å²) in [5.41, 5.74) is 2.51. The molecule has 0 saturated carbocycles. The Morgan fingerprint density at radius 3 is 2.62 bits per heavy atom. The largest absolute Gasteiger partial charge is 0.439 e. The zero-order valence-corrected chi connectivity index (χ0v) is 12.2. The number of hydrogen-bond acceptors (Lipinski definition) is 6. The lowest BCUT2D eigenvalue weighted by molar-refractivity contribution is 0.457. The zero-order chi connectivity index (χ0) is 14.7. The first kappa shape index (κ1) is 13.7. The number of hydrazine groups is 1. The van der Waals surface area contributed by atoms with Crippen LogP contribution < -0.4 is 16.0 Å². The number of nitrogens with zero attached hydrogens (tertiary/aromatic N) is 2. The standard InChI is InChI=1S/C15H14N4OS/c1-21-15-17-13(19-16)9-14(18-15)20-12-7-6-10-4-2-3-5-11(10)8-12/h2-9H,16H2,1H3,(H,17,18,19). The molecule has 3 rings (SSSR count). The minimum atomic E-state index is 0.456. The number of fused-ring (bicyclic) bond motifs is 1. The molecule has 0 radical (unpaired) electrons. The molecule has 0 atom stereocenters. The number of benzene rings is 2. The third kappa shape index (κ3) is 3.07. The van der Waals surface area contributed by atoms with E-state index in [1.54, 1.807) is 6.07 Å². The van der Waals surface area contributed by atoms with Crippen molar-refractivity contribution in [1.29, 1.82) is 0 Å². The fourth-order valence-corrected chi connectivity index (χ4v) is 2.34. The number of thioether (sulfide) groups is 1. The van der Waals surface area contributed by atoms with Gasteiger partial charge in [-0.25, -0.2) is 10.8 Å². The molecule has 0 amide bonds. The Bertz CT molecular complexity index is 756. The van der Waals surface area contributed by atoms with Crippen LogP contribution in [-0.2, 0) is 0 Å². The first-order valence-electron chi connectivity index (χ1n) is 6.35. The summed E-state index contributed by atoms with van der Waals surface area (Å²) in [7, 11) is 0. The van der Waals surface area contributed by atoms with Gasteiger partial charge in [-0.05, 0) is 29.2 Å². The second-order valence-corrected chi connectivity index (χ2v) is 5.11. The molecule has 0 aliphatic heterocycles. The van der Waals surface area contributed by atoms with Crippen molar-refractivity contribution < 1.29 is 4.74 Å². The average Bonchev–Trinajstić information content (AvgIpc) is 2.54. The number of hydrogen-bond donors (Lipinski definition) is 2. The van der Waals surface area contributed by atoms with Crippen molar-refractivity contribution in [3.8, 4) is 11.6 Å². The van der Waals surface area contributed by atoms with Crippen LogP contribution in [0.15, 0.2) is 53.7 Å². The molecular formula is C15H14N4OS. The smallest absolute Gasteiger partial charge is 0.225 e. The van der Waals surface area contributed by atoms with E-state index in [0.29, 0.717) is 16.9 Å². The van der Waals surface area contributed by atoms with Crippen LogP contribution in [0.5, 0.6) is 11.6 Å².